The third kappa shape index (κ3) is 4.20. The summed E-state index contributed by atoms with van der Waals surface area (Å²) in [4.78, 5) is 22.6. The van der Waals surface area contributed by atoms with Gasteiger partial charge in [0, 0.05) is 4.47 Å². The van der Waals surface area contributed by atoms with Crippen LogP contribution >= 0.6 is 15.9 Å². The number of carboxylic acids is 1. The minimum absolute atomic E-state index is 0.0344. The summed E-state index contributed by atoms with van der Waals surface area (Å²) in [6, 6.07) is 2.43. The van der Waals surface area contributed by atoms with Gasteiger partial charge in [0.2, 0.25) is 0 Å². The van der Waals surface area contributed by atoms with E-state index in [1.54, 1.807) is 19.9 Å². The molecule has 0 aliphatic rings. The van der Waals surface area contributed by atoms with E-state index in [2.05, 4.69) is 26.6 Å². The number of hydrogen-bond acceptors (Lipinski definition) is 2. The first-order chi connectivity index (χ1) is 8.82. The van der Waals surface area contributed by atoms with Crippen molar-refractivity contribution in [2.75, 3.05) is 5.32 Å². The van der Waals surface area contributed by atoms with Crippen molar-refractivity contribution in [1.29, 1.82) is 0 Å². The van der Waals surface area contributed by atoms with E-state index < -0.39 is 23.9 Å². The van der Waals surface area contributed by atoms with Gasteiger partial charge in [-0.05, 0) is 34.0 Å². The van der Waals surface area contributed by atoms with Gasteiger partial charge < -0.3 is 15.7 Å². The number of nitrogens with one attached hydrogen (secondary N) is 2. The average molecular weight is 333 g/mol. The molecule has 0 spiro atoms. The molecule has 0 saturated heterocycles. The fourth-order valence-electron chi connectivity index (χ4n) is 1.42. The Morgan fingerprint density at radius 2 is 2.00 bits per heavy atom. The molecule has 0 aromatic heterocycles. The molecule has 0 bridgehead atoms. The van der Waals surface area contributed by atoms with Crippen molar-refractivity contribution in [2.45, 2.75) is 19.9 Å². The summed E-state index contributed by atoms with van der Waals surface area (Å²) < 4.78 is 13.9. The smallest absolute Gasteiger partial charge is 0.326 e. The van der Waals surface area contributed by atoms with Crippen LogP contribution < -0.4 is 10.6 Å². The number of carbonyl (C=O) groups is 2. The number of hydrogen-bond donors (Lipinski definition) is 3. The third-order valence-corrected chi connectivity index (χ3v) is 3.08. The van der Waals surface area contributed by atoms with E-state index in [1.807, 2.05) is 0 Å². The summed E-state index contributed by atoms with van der Waals surface area (Å²) in [5, 5.41) is 13.5. The molecule has 3 N–H and O–H groups in total. The van der Waals surface area contributed by atoms with Crippen molar-refractivity contribution in [3.63, 3.8) is 0 Å². The molecule has 0 radical (unpaired) electrons. The zero-order valence-corrected chi connectivity index (χ0v) is 12.0. The molecule has 2 amide bonds. The Labute approximate surface area is 118 Å². The lowest BCUT2D eigenvalue weighted by atomic mass is 10.1. The van der Waals surface area contributed by atoms with E-state index in [1.165, 1.54) is 12.1 Å². The molecule has 7 heteroatoms. The van der Waals surface area contributed by atoms with Gasteiger partial charge in [-0.15, -0.1) is 0 Å². The summed E-state index contributed by atoms with van der Waals surface area (Å²) >= 11 is 3.10. The summed E-state index contributed by atoms with van der Waals surface area (Å²) in [5.74, 6) is -2.04. The number of amides is 2. The summed E-state index contributed by atoms with van der Waals surface area (Å²) in [5.41, 5.74) is -0.0344. The van der Waals surface area contributed by atoms with Crippen LogP contribution in [0.3, 0.4) is 0 Å². The van der Waals surface area contributed by atoms with Gasteiger partial charge in [0.15, 0.2) is 0 Å². The van der Waals surface area contributed by atoms with Crippen molar-refractivity contribution in [2.24, 2.45) is 5.92 Å². The maximum absolute atomic E-state index is 13.5. The summed E-state index contributed by atoms with van der Waals surface area (Å²) in [7, 11) is 0. The Morgan fingerprint density at radius 1 is 1.37 bits per heavy atom. The van der Waals surface area contributed by atoms with Crippen LogP contribution in [-0.4, -0.2) is 23.1 Å². The highest BCUT2D eigenvalue weighted by Gasteiger charge is 2.24. The first kappa shape index (κ1) is 15.4. The van der Waals surface area contributed by atoms with Gasteiger partial charge in [-0.1, -0.05) is 19.9 Å². The van der Waals surface area contributed by atoms with Crippen molar-refractivity contribution in [1.82, 2.24) is 5.32 Å². The molecule has 1 rings (SSSR count). The fraction of sp³-hybridized carbons (Fsp3) is 0.333. The molecule has 0 aliphatic heterocycles. The van der Waals surface area contributed by atoms with Gasteiger partial charge >= 0.3 is 12.0 Å². The topological polar surface area (TPSA) is 78.4 Å². The first-order valence-corrected chi connectivity index (χ1v) is 6.36. The lowest BCUT2D eigenvalue weighted by Crippen LogP contribution is -2.46. The molecule has 0 fully saturated rings. The molecule has 19 heavy (non-hydrogen) atoms. The maximum atomic E-state index is 13.5. The summed E-state index contributed by atoms with van der Waals surface area (Å²) in [6.45, 7) is 3.33. The SMILES string of the molecule is CC(C)C(NC(=O)Nc1c(F)cccc1Br)C(=O)O. The number of halogens is 2. The monoisotopic (exact) mass is 332 g/mol. The van der Waals surface area contributed by atoms with Crippen LogP contribution in [0.2, 0.25) is 0 Å². The largest absolute Gasteiger partial charge is 0.480 e. The Bertz CT molecular complexity index is 474. The van der Waals surface area contributed by atoms with Crippen LogP contribution in [0.1, 0.15) is 13.8 Å². The number of carboxylic acid groups (broad SMARTS) is 1. The maximum Gasteiger partial charge on any atom is 0.326 e. The normalized spacial score (nSPS) is 12.1. The Kier molecular flexibility index (Phi) is 5.29. The van der Waals surface area contributed by atoms with E-state index in [-0.39, 0.29) is 11.6 Å². The Balaban J connectivity index is 2.78. The summed E-state index contributed by atoms with van der Waals surface area (Å²) in [6.07, 6.45) is 0. The average Bonchev–Trinajstić information content (AvgIpc) is 2.30. The lowest BCUT2D eigenvalue weighted by molar-refractivity contribution is -0.140. The van der Waals surface area contributed by atoms with Gasteiger partial charge in [0.25, 0.3) is 0 Å². The zero-order chi connectivity index (χ0) is 14.6. The number of benzene rings is 1. The highest BCUT2D eigenvalue weighted by atomic mass is 79.9. The highest BCUT2D eigenvalue weighted by molar-refractivity contribution is 9.10. The lowest BCUT2D eigenvalue weighted by Gasteiger charge is -2.18. The molecular formula is C12H14BrFN2O3. The van der Waals surface area contributed by atoms with Crippen molar-refractivity contribution in [3.05, 3.63) is 28.5 Å². The van der Waals surface area contributed by atoms with Crippen molar-refractivity contribution < 1.29 is 19.1 Å². The quantitative estimate of drug-likeness (QED) is 0.793. The Hall–Kier alpha value is -1.63. The molecule has 1 aromatic carbocycles. The van der Waals surface area contributed by atoms with Crippen molar-refractivity contribution >= 4 is 33.6 Å². The fourth-order valence-corrected chi connectivity index (χ4v) is 1.86. The Morgan fingerprint density at radius 3 is 2.47 bits per heavy atom. The van der Waals surface area contributed by atoms with Crippen LogP contribution in [0.5, 0.6) is 0 Å². The van der Waals surface area contributed by atoms with E-state index in [0.717, 1.165) is 0 Å². The minimum Gasteiger partial charge on any atom is -0.480 e. The van der Waals surface area contributed by atoms with Gasteiger partial charge in [-0.25, -0.2) is 14.0 Å². The number of para-hydroxylation sites is 1. The second-order valence-corrected chi connectivity index (χ2v) is 5.11. The van der Waals surface area contributed by atoms with Gasteiger partial charge in [0.1, 0.15) is 11.9 Å². The molecule has 0 aliphatic carbocycles. The number of rotatable bonds is 4. The third-order valence-electron chi connectivity index (χ3n) is 2.42. The van der Waals surface area contributed by atoms with Gasteiger partial charge in [-0.3, -0.25) is 0 Å². The molecular weight excluding hydrogens is 319 g/mol. The number of carbonyl (C=O) groups excluding carboxylic acids is 1. The molecule has 0 saturated carbocycles. The van der Waals surface area contributed by atoms with Crippen LogP contribution in [-0.2, 0) is 4.79 Å². The molecule has 1 aromatic rings. The van der Waals surface area contributed by atoms with E-state index in [4.69, 9.17) is 5.11 Å². The predicted octanol–water partition coefficient (Wildman–Crippen LogP) is 2.82. The highest BCUT2D eigenvalue weighted by Crippen LogP contribution is 2.24. The number of urea groups is 1. The van der Waals surface area contributed by atoms with Gasteiger partial charge in [0.05, 0.1) is 5.69 Å². The van der Waals surface area contributed by atoms with Crippen LogP contribution in [0.4, 0.5) is 14.9 Å². The first-order valence-electron chi connectivity index (χ1n) is 5.57. The second-order valence-electron chi connectivity index (χ2n) is 4.26. The van der Waals surface area contributed by atoms with E-state index >= 15 is 0 Å². The molecule has 5 nitrogen and oxygen atoms in total. The van der Waals surface area contributed by atoms with Crippen LogP contribution in [0.25, 0.3) is 0 Å². The molecule has 0 heterocycles. The minimum atomic E-state index is -1.14. The van der Waals surface area contributed by atoms with E-state index in [0.29, 0.717) is 4.47 Å². The predicted molar refractivity (Wildman–Crippen MR) is 72.5 cm³/mol. The molecule has 1 atom stereocenters. The standard InChI is InChI=1S/C12H14BrFN2O3/c1-6(2)9(11(17)18)15-12(19)16-10-7(13)4-3-5-8(10)14/h3-6,9H,1-2H3,(H,17,18)(H2,15,16,19). The zero-order valence-electron chi connectivity index (χ0n) is 10.4. The van der Waals surface area contributed by atoms with Gasteiger partial charge in [-0.2, -0.15) is 0 Å². The number of anilines is 1. The molecule has 104 valence electrons. The molecule has 1 unspecified atom stereocenters. The van der Waals surface area contributed by atoms with Crippen LogP contribution in [0.15, 0.2) is 22.7 Å². The van der Waals surface area contributed by atoms with E-state index in [9.17, 15) is 14.0 Å². The second kappa shape index (κ2) is 6.51. The number of aliphatic carboxylic acids is 1. The van der Waals surface area contributed by atoms with Crippen molar-refractivity contribution in [3.8, 4) is 0 Å². The van der Waals surface area contributed by atoms with Crippen LogP contribution in [0, 0.1) is 11.7 Å².